The number of fused-ring (bicyclic) bond motifs is 9. The molecule has 3 aromatic heterocycles. The van der Waals surface area contributed by atoms with Crippen LogP contribution >= 0.6 is 0 Å². The molecule has 4 heterocycles. The fourth-order valence-electron chi connectivity index (χ4n) is 5.00. The number of amides is 1. The molecule has 2 atom stereocenters. The molecule has 11 heteroatoms. The Kier molecular flexibility index (Phi) is 4.14. The van der Waals surface area contributed by atoms with Gasteiger partial charge in [-0.3, -0.25) is 4.79 Å². The first-order valence-corrected chi connectivity index (χ1v) is 11.3. The van der Waals surface area contributed by atoms with Gasteiger partial charge in [0.2, 0.25) is 0 Å². The molecule has 36 heavy (non-hydrogen) atoms. The number of carbonyl (C=O) groups excluding carboxylic acids is 1. The van der Waals surface area contributed by atoms with Crippen molar-refractivity contribution in [1.82, 2.24) is 29.5 Å². The second-order valence-electron chi connectivity index (χ2n) is 9.47. The Morgan fingerprint density at radius 3 is 2.69 bits per heavy atom. The molecule has 6 rings (SSSR count). The molecule has 184 valence electrons. The number of aromatic nitrogens is 5. The summed E-state index contributed by atoms with van der Waals surface area (Å²) in [5, 5.41) is 4.59. The maximum atomic E-state index is 13.5. The lowest BCUT2D eigenvalue weighted by atomic mass is 9.89. The highest BCUT2D eigenvalue weighted by molar-refractivity contribution is 5.98. The fraction of sp³-hybridized carbons (Fsp3) is 0.320. The van der Waals surface area contributed by atoms with Gasteiger partial charge < -0.3 is 15.4 Å². The van der Waals surface area contributed by atoms with E-state index in [0.29, 0.717) is 34.0 Å². The maximum Gasteiger partial charge on any atom is 0.387 e. The molecule has 2 aliphatic rings. The first-order valence-electron chi connectivity index (χ1n) is 12.8. The highest BCUT2D eigenvalue weighted by atomic mass is 19.3. The average molecular weight is 495 g/mol. The number of alkyl halides is 2. The van der Waals surface area contributed by atoms with Gasteiger partial charge in [-0.05, 0) is 38.5 Å². The first-order chi connectivity index (χ1) is 18.3. The Hall–Kier alpha value is -3.99. The number of hydrogen-bond donors (Lipinski definition) is 1. The summed E-state index contributed by atoms with van der Waals surface area (Å²) in [6.07, 6.45) is 5.00. The van der Waals surface area contributed by atoms with Crippen LogP contribution in [0, 0.1) is 0 Å². The van der Waals surface area contributed by atoms with E-state index in [2.05, 4.69) is 15.1 Å². The smallest absolute Gasteiger partial charge is 0.387 e. The van der Waals surface area contributed by atoms with Gasteiger partial charge in [0.15, 0.2) is 5.65 Å². The third-order valence-electron chi connectivity index (χ3n) is 6.59. The van der Waals surface area contributed by atoms with Crippen LogP contribution in [0.25, 0.3) is 16.9 Å². The number of halogens is 2. The topological polar surface area (TPSA) is 112 Å². The highest BCUT2D eigenvalue weighted by Crippen LogP contribution is 2.53. The normalized spacial score (nSPS) is 20.6. The Balaban J connectivity index is 1.56. The van der Waals surface area contributed by atoms with Gasteiger partial charge in [0.05, 0.1) is 23.0 Å². The molecule has 0 saturated heterocycles. The lowest BCUT2D eigenvalue weighted by Crippen LogP contribution is -2.31. The number of rotatable bonds is 4. The standard InChI is InChI=1S/C25H23F2N7O2/c1-25(2,28)23-29-10-12(11-30-23)15-7-8-34-21(31-15)19-14-9-16(20(19)32-34)33(3)22(35)13-5-4-6-17(18(13)14)36-24(26)27/h4-8,10-11,14,16,24H,9,28H2,1-3H3/t14-,16-/m1/s1/i3D3. The fourth-order valence-corrected chi connectivity index (χ4v) is 5.00. The number of carbonyl (C=O) groups is 1. The summed E-state index contributed by atoms with van der Waals surface area (Å²) in [6.45, 7) is -2.36. The minimum Gasteiger partial charge on any atom is -0.434 e. The Morgan fingerprint density at radius 2 is 2.00 bits per heavy atom. The van der Waals surface area contributed by atoms with Crippen molar-refractivity contribution in [1.29, 1.82) is 0 Å². The summed E-state index contributed by atoms with van der Waals surface area (Å²) in [5.41, 5.74) is 7.98. The van der Waals surface area contributed by atoms with Crippen molar-refractivity contribution in [3.8, 4) is 17.0 Å². The first kappa shape index (κ1) is 19.2. The quantitative estimate of drug-likeness (QED) is 0.461. The molecule has 1 aliphatic heterocycles. The van der Waals surface area contributed by atoms with Crippen LogP contribution in [0.15, 0.2) is 42.9 Å². The largest absolute Gasteiger partial charge is 0.434 e. The molecular weight excluding hydrogens is 468 g/mol. The van der Waals surface area contributed by atoms with Crippen molar-refractivity contribution in [3.05, 3.63) is 71.1 Å². The summed E-state index contributed by atoms with van der Waals surface area (Å²) in [6, 6.07) is 4.95. The van der Waals surface area contributed by atoms with Crippen LogP contribution in [-0.2, 0) is 5.54 Å². The van der Waals surface area contributed by atoms with E-state index < -0.39 is 37.0 Å². The number of ether oxygens (including phenoxy) is 1. The van der Waals surface area contributed by atoms with Gasteiger partial charge in [0.1, 0.15) is 11.6 Å². The predicted molar refractivity (Wildman–Crippen MR) is 126 cm³/mol. The third-order valence-corrected chi connectivity index (χ3v) is 6.59. The van der Waals surface area contributed by atoms with Gasteiger partial charge in [0, 0.05) is 57.9 Å². The molecule has 4 aromatic rings. The van der Waals surface area contributed by atoms with Gasteiger partial charge in [-0.25, -0.2) is 19.5 Å². The summed E-state index contributed by atoms with van der Waals surface area (Å²) >= 11 is 0. The van der Waals surface area contributed by atoms with E-state index in [0.717, 1.165) is 4.90 Å². The van der Waals surface area contributed by atoms with E-state index in [1.807, 2.05) is 0 Å². The Bertz CT molecular complexity index is 1620. The van der Waals surface area contributed by atoms with E-state index in [1.165, 1.54) is 22.7 Å². The second kappa shape index (κ2) is 7.76. The minimum absolute atomic E-state index is 0.00804. The Labute approximate surface area is 209 Å². The zero-order chi connectivity index (χ0) is 27.9. The van der Waals surface area contributed by atoms with Gasteiger partial charge in [0.25, 0.3) is 5.91 Å². The molecule has 0 radical (unpaired) electrons. The van der Waals surface area contributed by atoms with E-state index in [-0.39, 0.29) is 23.3 Å². The van der Waals surface area contributed by atoms with Crippen molar-refractivity contribution >= 4 is 11.6 Å². The summed E-state index contributed by atoms with van der Waals surface area (Å²) in [7, 11) is 0. The van der Waals surface area contributed by atoms with Crippen LogP contribution in [0.3, 0.4) is 0 Å². The van der Waals surface area contributed by atoms with E-state index in [9.17, 15) is 13.6 Å². The molecule has 0 saturated carbocycles. The Morgan fingerprint density at radius 1 is 1.22 bits per heavy atom. The number of hydrogen-bond acceptors (Lipinski definition) is 7. The number of nitrogens with two attached hydrogens (primary N) is 1. The van der Waals surface area contributed by atoms with Gasteiger partial charge >= 0.3 is 6.61 Å². The molecule has 0 unspecified atom stereocenters. The molecular formula is C25H23F2N7O2. The number of nitrogens with zero attached hydrogens (tertiary/aromatic N) is 6. The van der Waals surface area contributed by atoms with Crippen molar-refractivity contribution in [2.45, 2.75) is 44.4 Å². The lowest BCUT2D eigenvalue weighted by molar-refractivity contribution is -0.0505. The summed E-state index contributed by atoms with van der Waals surface area (Å²) in [4.78, 5) is 27.8. The lowest BCUT2D eigenvalue weighted by Gasteiger charge is -2.23. The minimum atomic E-state index is -3.14. The monoisotopic (exact) mass is 494 g/mol. The molecule has 0 fully saturated rings. The van der Waals surface area contributed by atoms with Crippen molar-refractivity contribution in [2.24, 2.45) is 5.73 Å². The van der Waals surface area contributed by atoms with Gasteiger partial charge in [-0.15, -0.1) is 0 Å². The van der Waals surface area contributed by atoms with Crippen LogP contribution in [-0.4, -0.2) is 49.0 Å². The zero-order valence-electron chi connectivity index (χ0n) is 22.3. The molecule has 9 nitrogen and oxygen atoms in total. The summed E-state index contributed by atoms with van der Waals surface area (Å²) < 4.78 is 57.4. The van der Waals surface area contributed by atoms with E-state index in [1.54, 1.807) is 38.5 Å². The molecule has 0 spiro atoms. The van der Waals surface area contributed by atoms with E-state index in [4.69, 9.17) is 19.6 Å². The van der Waals surface area contributed by atoms with Crippen LogP contribution in [0.2, 0.25) is 0 Å². The van der Waals surface area contributed by atoms with Crippen LogP contribution in [0.4, 0.5) is 8.78 Å². The van der Waals surface area contributed by atoms with Crippen molar-refractivity contribution in [3.63, 3.8) is 0 Å². The molecule has 1 amide bonds. The number of benzene rings is 1. The molecule has 2 N–H and O–H groups in total. The average Bonchev–Trinajstić information content (AvgIpc) is 3.35. The highest BCUT2D eigenvalue weighted by Gasteiger charge is 2.46. The van der Waals surface area contributed by atoms with Crippen LogP contribution in [0.5, 0.6) is 5.75 Å². The second-order valence-corrected chi connectivity index (χ2v) is 9.47. The maximum absolute atomic E-state index is 13.5. The van der Waals surface area contributed by atoms with Gasteiger partial charge in [-0.1, -0.05) is 6.07 Å². The zero-order valence-corrected chi connectivity index (χ0v) is 19.3. The SMILES string of the molecule is [2H]C([2H])([2H])N1C(=O)c2cccc(OC(F)F)c2[C@H]2C[C@@H]1c1nn3ccc(-c4cnc(C(C)(C)N)nc4)nc3c12. The van der Waals surface area contributed by atoms with Crippen LogP contribution in [0.1, 0.15) is 69.3 Å². The van der Waals surface area contributed by atoms with E-state index >= 15 is 0 Å². The van der Waals surface area contributed by atoms with Crippen molar-refractivity contribution < 1.29 is 22.4 Å². The third kappa shape index (κ3) is 3.34. The molecule has 2 bridgehead atoms. The predicted octanol–water partition coefficient (Wildman–Crippen LogP) is 3.64. The van der Waals surface area contributed by atoms with Crippen molar-refractivity contribution in [2.75, 3.05) is 6.98 Å². The molecule has 1 aliphatic carbocycles. The van der Waals surface area contributed by atoms with Crippen LogP contribution < -0.4 is 10.5 Å². The van der Waals surface area contributed by atoms with Gasteiger partial charge in [-0.2, -0.15) is 13.9 Å². The summed E-state index contributed by atoms with van der Waals surface area (Å²) in [5.74, 6) is -1.19. The molecule has 1 aromatic carbocycles.